The van der Waals surface area contributed by atoms with Crippen molar-refractivity contribution < 1.29 is 9.90 Å². The first-order chi connectivity index (χ1) is 6.16. The van der Waals surface area contributed by atoms with Gasteiger partial charge in [0.2, 0.25) is 5.91 Å². The van der Waals surface area contributed by atoms with E-state index in [0.717, 1.165) is 32.1 Å². The number of carbonyl (C=O) groups is 1. The first kappa shape index (κ1) is 12.4. The van der Waals surface area contributed by atoms with Gasteiger partial charge in [-0.2, -0.15) is 0 Å². The molecule has 0 aliphatic heterocycles. The molecule has 13 heavy (non-hydrogen) atoms. The maximum absolute atomic E-state index is 10.5. The Morgan fingerprint density at radius 1 is 1.38 bits per heavy atom. The van der Waals surface area contributed by atoms with E-state index in [4.69, 9.17) is 0 Å². The van der Waals surface area contributed by atoms with E-state index in [-0.39, 0.29) is 12.0 Å². The molecule has 1 amide bonds. The molecule has 3 nitrogen and oxygen atoms in total. The van der Waals surface area contributed by atoms with E-state index in [2.05, 4.69) is 12.2 Å². The minimum atomic E-state index is -0.186. The number of nitrogens with one attached hydrogen (secondary N) is 1. The van der Waals surface area contributed by atoms with Crippen molar-refractivity contribution in [1.82, 2.24) is 5.32 Å². The van der Waals surface area contributed by atoms with Crippen LogP contribution in [0.4, 0.5) is 0 Å². The van der Waals surface area contributed by atoms with Crippen molar-refractivity contribution in [1.29, 1.82) is 0 Å². The summed E-state index contributed by atoms with van der Waals surface area (Å²) in [4.78, 5) is 10.5. The zero-order valence-electron chi connectivity index (χ0n) is 8.68. The van der Waals surface area contributed by atoms with Crippen LogP contribution in [0.3, 0.4) is 0 Å². The highest BCUT2D eigenvalue weighted by molar-refractivity contribution is 5.72. The number of hydrogen-bond acceptors (Lipinski definition) is 2. The van der Waals surface area contributed by atoms with Crippen LogP contribution in [0.25, 0.3) is 0 Å². The van der Waals surface area contributed by atoms with Crippen LogP contribution < -0.4 is 5.32 Å². The second-order valence-corrected chi connectivity index (χ2v) is 3.42. The standard InChI is InChI=1S/C10H21NO2/c1-3-4-6-10(13)7-5-8-11-9(2)12/h10,13H,3-8H2,1-2H3,(H,11,12). The molecule has 0 radical (unpaired) electrons. The summed E-state index contributed by atoms with van der Waals surface area (Å²) in [6.07, 6.45) is 4.57. The molecule has 0 saturated heterocycles. The quantitative estimate of drug-likeness (QED) is 0.593. The summed E-state index contributed by atoms with van der Waals surface area (Å²) in [7, 11) is 0. The number of aliphatic hydroxyl groups is 1. The molecule has 0 aliphatic carbocycles. The summed E-state index contributed by atoms with van der Waals surface area (Å²) in [6, 6.07) is 0. The smallest absolute Gasteiger partial charge is 0.216 e. The molecule has 2 N–H and O–H groups in total. The van der Waals surface area contributed by atoms with Crippen molar-refractivity contribution in [3.63, 3.8) is 0 Å². The van der Waals surface area contributed by atoms with E-state index in [1.54, 1.807) is 0 Å². The van der Waals surface area contributed by atoms with Crippen molar-refractivity contribution in [2.24, 2.45) is 0 Å². The predicted molar refractivity (Wildman–Crippen MR) is 53.4 cm³/mol. The number of unbranched alkanes of at least 4 members (excludes halogenated alkanes) is 1. The van der Waals surface area contributed by atoms with Crippen LogP contribution in [0.15, 0.2) is 0 Å². The van der Waals surface area contributed by atoms with Gasteiger partial charge in [-0.1, -0.05) is 19.8 Å². The molecule has 0 heterocycles. The third-order valence-corrected chi connectivity index (χ3v) is 1.98. The molecule has 0 aromatic heterocycles. The van der Waals surface area contributed by atoms with Gasteiger partial charge in [0.25, 0.3) is 0 Å². The van der Waals surface area contributed by atoms with Crippen molar-refractivity contribution in [3.8, 4) is 0 Å². The van der Waals surface area contributed by atoms with E-state index in [1.807, 2.05) is 0 Å². The third kappa shape index (κ3) is 9.34. The Balaban J connectivity index is 3.16. The van der Waals surface area contributed by atoms with Gasteiger partial charge in [0.15, 0.2) is 0 Å². The second-order valence-electron chi connectivity index (χ2n) is 3.42. The van der Waals surface area contributed by atoms with Gasteiger partial charge >= 0.3 is 0 Å². The van der Waals surface area contributed by atoms with Gasteiger partial charge in [-0.05, 0) is 19.3 Å². The van der Waals surface area contributed by atoms with Crippen LogP contribution in [0.2, 0.25) is 0 Å². The van der Waals surface area contributed by atoms with Gasteiger partial charge in [0.05, 0.1) is 6.10 Å². The van der Waals surface area contributed by atoms with Crippen molar-refractivity contribution >= 4 is 5.91 Å². The lowest BCUT2D eigenvalue weighted by Gasteiger charge is -2.09. The monoisotopic (exact) mass is 187 g/mol. The molecule has 0 aliphatic rings. The fourth-order valence-corrected chi connectivity index (χ4v) is 1.19. The number of carbonyl (C=O) groups excluding carboxylic acids is 1. The minimum absolute atomic E-state index is 0.00282. The average molecular weight is 187 g/mol. The summed E-state index contributed by atoms with van der Waals surface area (Å²) in [5, 5.41) is 12.1. The molecule has 0 saturated carbocycles. The second kappa shape index (κ2) is 8.05. The number of aliphatic hydroxyl groups excluding tert-OH is 1. The lowest BCUT2D eigenvalue weighted by atomic mass is 10.1. The summed E-state index contributed by atoms with van der Waals surface area (Å²) >= 11 is 0. The molecule has 0 rings (SSSR count). The highest BCUT2D eigenvalue weighted by Crippen LogP contribution is 2.05. The Kier molecular flexibility index (Phi) is 7.69. The molecule has 1 atom stereocenters. The highest BCUT2D eigenvalue weighted by Gasteiger charge is 2.02. The van der Waals surface area contributed by atoms with Gasteiger partial charge in [-0.15, -0.1) is 0 Å². The van der Waals surface area contributed by atoms with Gasteiger partial charge in [0, 0.05) is 13.5 Å². The number of hydrogen-bond donors (Lipinski definition) is 2. The van der Waals surface area contributed by atoms with Gasteiger partial charge in [0.1, 0.15) is 0 Å². The van der Waals surface area contributed by atoms with E-state index in [1.165, 1.54) is 6.92 Å². The Morgan fingerprint density at radius 3 is 2.54 bits per heavy atom. The molecule has 0 aromatic rings. The van der Waals surface area contributed by atoms with Gasteiger partial charge < -0.3 is 10.4 Å². The normalized spacial score (nSPS) is 12.5. The molecule has 0 spiro atoms. The largest absolute Gasteiger partial charge is 0.393 e. The topological polar surface area (TPSA) is 49.3 Å². The number of rotatable bonds is 7. The first-order valence-corrected chi connectivity index (χ1v) is 5.09. The van der Waals surface area contributed by atoms with Crippen molar-refractivity contribution in [2.45, 2.75) is 52.1 Å². The third-order valence-electron chi connectivity index (χ3n) is 1.98. The molecular formula is C10H21NO2. The molecule has 0 bridgehead atoms. The fourth-order valence-electron chi connectivity index (χ4n) is 1.19. The predicted octanol–water partition coefficient (Wildman–Crippen LogP) is 1.45. The van der Waals surface area contributed by atoms with Crippen LogP contribution in [0, 0.1) is 0 Å². The lowest BCUT2D eigenvalue weighted by molar-refractivity contribution is -0.118. The molecule has 3 heteroatoms. The summed E-state index contributed by atoms with van der Waals surface area (Å²) in [5.74, 6) is 0.00282. The molecule has 1 unspecified atom stereocenters. The Morgan fingerprint density at radius 2 is 2.00 bits per heavy atom. The van der Waals surface area contributed by atoms with E-state index in [9.17, 15) is 9.90 Å². The van der Waals surface area contributed by atoms with E-state index >= 15 is 0 Å². The first-order valence-electron chi connectivity index (χ1n) is 5.09. The lowest BCUT2D eigenvalue weighted by Crippen LogP contribution is -2.22. The minimum Gasteiger partial charge on any atom is -0.393 e. The fraction of sp³-hybridized carbons (Fsp3) is 0.900. The Labute approximate surface area is 80.5 Å². The molecule has 78 valence electrons. The maximum Gasteiger partial charge on any atom is 0.216 e. The van der Waals surface area contributed by atoms with Gasteiger partial charge in [-0.25, -0.2) is 0 Å². The molecular weight excluding hydrogens is 166 g/mol. The summed E-state index contributed by atoms with van der Waals surface area (Å²) in [6.45, 7) is 4.30. The van der Waals surface area contributed by atoms with Crippen LogP contribution in [-0.2, 0) is 4.79 Å². The maximum atomic E-state index is 10.5. The van der Waals surface area contributed by atoms with Crippen molar-refractivity contribution in [2.75, 3.05) is 6.54 Å². The number of amides is 1. The highest BCUT2D eigenvalue weighted by atomic mass is 16.3. The van der Waals surface area contributed by atoms with Crippen LogP contribution >= 0.6 is 0 Å². The zero-order valence-corrected chi connectivity index (χ0v) is 8.68. The summed E-state index contributed by atoms with van der Waals surface area (Å²) < 4.78 is 0. The molecule has 0 fully saturated rings. The zero-order chi connectivity index (χ0) is 10.1. The Hall–Kier alpha value is -0.570. The van der Waals surface area contributed by atoms with Crippen molar-refractivity contribution in [3.05, 3.63) is 0 Å². The average Bonchev–Trinajstić information content (AvgIpc) is 2.08. The Bertz CT molecular complexity index is 137. The molecule has 0 aromatic carbocycles. The summed E-state index contributed by atoms with van der Waals surface area (Å²) in [5.41, 5.74) is 0. The van der Waals surface area contributed by atoms with E-state index in [0.29, 0.717) is 6.54 Å². The van der Waals surface area contributed by atoms with Crippen LogP contribution in [-0.4, -0.2) is 23.7 Å². The van der Waals surface area contributed by atoms with Crippen LogP contribution in [0.1, 0.15) is 46.0 Å². The van der Waals surface area contributed by atoms with Gasteiger partial charge in [-0.3, -0.25) is 4.79 Å². The van der Waals surface area contributed by atoms with Crippen LogP contribution in [0.5, 0.6) is 0 Å². The SMILES string of the molecule is CCCCC(O)CCCNC(C)=O. The van der Waals surface area contributed by atoms with E-state index < -0.39 is 0 Å².